The summed E-state index contributed by atoms with van der Waals surface area (Å²) in [6.45, 7) is 0.487. The molecule has 0 aromatic heterocycles. The van der Waals surface area contributed by atoms with Crippen LogP contribution in [0.15, 0.2) is 54.6 Å². The van der Waals surface area contributed by atoms with E-state index in [2.05, 4.69) is 5.32 Å². The second kappa shape index (κ2) is 9.55. The van der Waals surface area contributed by atoms with Gasteiger partial charge < -0.3 is 26.6 Å². The zero-order valence-electron chi connectivity index (χ0n) is 14.3. The van der Waals surface area contributed by atoms with Gasteiger partial charge in [0.2, 0.25) is 11.8 Å². The van der Waals surface area contributed by atoms with Crippen molar-refractivity contribution in [1.82, 2.24) is 5.32 Å². The molecule has 0 bridgehead atoms. The van der Waals surface area contributed by atoms with Crippen LogP contribution in [0.3, 0.4) is 0 Å². The molecule has 0 heterocycles. The molecular formula is C19H23N3O4. The molecule has 2 unspecified atom stereocenters. The van der Waals surface area contributed by atoms with Crippen LogP contribution in [0.25, 0.3) is 0 Å². The Morgan fingerprint density at radius 3 is 2.31 bits per heavy atom. The number of aliphatic hydroxyl groups excluding tert-OH is 1. The maximum atomic E-state index is 11.8. The van der Waals surface area contributed by atoms with Gasteiger partial charge in [0.15, 0.2) is 6.23 Å². The number of amides is 2. The van der Waals surface area contributed by atoms with E-state index in [-0.39, 0.29) is 6.42 Å². The largest absolute Gasteiger partial charge is 0.489 e. The van der Waals surface area contributed by atoms with Crippen molar-refractivity contribution in [2.45, 2.75) is 31.7 Å². The summed E-state index contributed by atoms with van der Waals surface area (Å²) >= 11 is 0. The zero-order valence-corrected chi connectivity index (χ0v) is 14.3. The fraction of sp³-hybridized carbons (Fsp3) is 0.263. The van der Waals surface area contributed by atoms with E-state index in [1.807, 2.05) is 54.6 Å². The lowest BCUT2D eigenvalue weighted by Crippen LogP contribution is -2.53. The van der Waals surface area contributed by atoms with Crippen LogP contribution in [0.2, 0.25) is 0 Å². The molecule has 0 fully saturated rings. The first kappa shape index (κ1) is 19.4. The predicted molar refractivity (Wildman–Crippen MR) is 96.9 cm³/mol. The van der Waals surface area contributed by atoms with Gasteiger partial charge in [-0.3, -0.25) is 9.59 Å². The predicted octanol–water partition coefficient (Wildman–Crippen LogP) is 0.445. The molecule has 0 aliphatic carbocycles. The minimum Gasteiger partial charge on any atom is -0.489 e. The van der Waals surface area contributed by atoms with E-state index in [1.54, 1.807) is 0 Å². The van der Waals surface area contributed by atoms with E-state index in [0.29, 0.717) is 13.0 Å². The lowest BCUT2D eigenvalue weighted by atomic mass is 10.1. The Hall–Kier alpha value is -2.90. The van der Waals surface area contributed by atoms with Crippen molar-refractivity contribution in [3.05, 3.63) is 65.7 Å². The average Bonchev–Trinajstić information content (AvgIpc) is 2.65. The molecule has 0 aliphatic heterocycles. The first-order valence-corrected chi connectivity index (χ1v) is 8.23. The number of hydrogen-bond donors (Lipinski definition) is 4. The van der Waals surface area contributed by atoms with Crippen LogP contribution in [0.4, 0.5) is 0 Å². The van der Waals surface area contributed by atoms with Gasteiger partial charge in [-0.05, 0) is 29.7 Å². The lowest BCUT2D eigenvalue weighted by Gasteiger charge is -2.17. The van der Waals surface area contributed by atoms with E-state index in [1.165, 1.54) is 0 Å². The molecule has 2 amide bonds. The number of aryl methyl sites for hydroxylation is 1. The highest BCUT2D eigenvalue weighted by Gasteiger charge is 2.21. The van der Waals surface area contributed by atoms with Gasteiger partial charge in [-0.15, -0.1) is 0 Å². The van der Waals surface area contributed by atoms with Crippen LogP contribution >= 0.6 is 0 Å². The molecule has 2 aromatic rings. The summed E-state index contributed by atoms with van der Waals surface area (Å²) in [6, 6.07) is 16.0. The molecule has 7 nitrogen and oxygen atoms in total. The smallest absolute Gasteiger partial charge is 0.239 e. The van der Waals surface area contributed by atoms with Crippen molar-refractivity contribution in [2.75, 3.05) is 0 Å². The summed E-state index contributed by atoms with van der Waals surface area (Å²) in [4.78, 5) is 22.6. The summed E-state index contributed by atoms with van der Waals surface area (Å²) in [6.07, 6.45) is -0.871. The highest BCUT2D eigenvalue weighted by molar-refractivity contribution is 5.82. The van der Waals surface area contributed by atoms with E-state index in [9.17, 15) is 14.7 Å². The molecule has 7 heteroatoms. The van der Waals surface area contributed by atoms with Crippen LogP contribution in [0, 0.1) is 0 Å². The van der Waals surface area contributed by atoms with Gasteiger partial charge in [-0.2, -0.15) is 0 Å². The number of benzene rings is 2. The number of nitrogens with two attached hydrogens (primary N) is 2. The van der Waals surface area contributed by atoms with Crippen molar-refractivity contribution < 1.29 is 19.4 Å². The monoisotopic (exact) mass is 357 g/mol. The number of rotatable bonds is 9. The Bertz CT molecular complexity index is 719. The summed E-state index contributed by atoms with van der Waals surface area (Å²) in [5.74, 6) is -0.563. The second-order valence-corrected chi connectivity index (χ2v) is 5.86. The Kier molecular flexibility index (Phi) is 7.13. The van der Waals surface area contributed by atoms with Gasteiger partial charge in [0.25, 0.3) is 0 Å². The maximum Gasteiger partial charge on any atom is 0.239 e. The van der Waals surface area contributed by atoms with Gasteiger partial charge in [-0.1, -0.05) is 42.5 Å². The van der Waals surface area contributed by atoms with Gasteiger partial charge in [0.05, 0.1) is 0 Å². The highest BCUT2D eigenvalue weighted by Crippen LogP contribution is 2.15. The third kappa shape index (κ3) is 6.19. The first-order chi connectivity index (χ1) is 12.5. The van der Waals surface area contributed by atoms with E-state index < -0.39 is 24.1 Å². The molecule has 0 aliphatic rings. The number of nitrogens with one attached hydrogen (secondary N) is 1. The van der Waals surface area contributed by atoms with Crippen LogP contribution in [-0.2, 0) is 22.6 Å². The fourth-order valence-corrected chi connectivity index (χ4v) is 2.23. The van der Waals surface area contributed by atoms with Gasteiger partial charge in [-0.25, -0.2) is 0 Å². The fourth-order valence-electron chi connectivity index (χ4n) is 2.23. The molecule has 2 rings (SSSR count). The Labute approximate surface area is 152 Å². The standard InChI is InChI=1S/C19H23N3O4/c20-17(18(21)24)19(25)22-16(23)11-8-13-6-9-15(10-7-13)26-12-14-4-2-1-3-5-14/h1-7,9-10,17,19,25H,8,11-12,20H2,(H2,21,24)(H,22,23). The van der Waals surface area contributed by atoms with Gasteiger partial charge in [0.1, 0.15) is 18.4 Å². The lowest BCUT2D eigenvalue weighted by molar-refractivity contribution is -0.127. The van der Waals surface area contributed by atoms with Crippen molar-refractivity contribution in [2.24, 2.45) is 11.5 Å². The summed E-state index contributed by atoms with van der Waals surface area (Å²) < 4.78 is 5.70. The molecule has 2 aromatic carbocycles. The van der Waals surface area contributed by atoms with Gasteiger partial charge in [0, 0.05) is 6.42 Å². The molecule has 0 radical (unpaired) electrons. The van der Waals surface area contributed by atoms with Gasteiger partial charge >= 0.3 is 0 Å². The number of carbonyl (C=O) groups is 2. The number of carbonyl (C=O) groups excluding carboxylic acids is 2. The van der Waals surface area contributed by atoms with Crippen molar-refractivity contribution >= 4 is 11.8 Å². The Morgan fingerprint density at radius 1 is 1.04 bits per heavy atom. The maximum absolute atomic E-state index is 11.8. The minimum atomic E-state index is -1.49. The van der Waals surface area contributed by atoms with Crippen molar-refractivity contribution in [3.8, 4) is 5.75 Å². The van der Waals surface area contributed by atoms with E-state index >= 15 is 0 Å². The molecule has 26 heavy (non-hydrogen) atoms. The molecule has 2 atom stereocenters. The molecular weight excluding hydrogens is 334 g/mol. The van der Waals surface area contributed by atoms with E-state index in [4.69, 9.17) is 16.2 Å². The molecule has 0 spiro atoms. The highest BCUT2D eigenvalue weighted by atomic mass is 16.5. The molecule has 0 saturated carbocycles. The molecule has 0 saturated heterocycles. The summed E-state index contributed by atoms with van der Waals surface area (Å²) in [5.41, 5.74) is 12.3. The quantitative estimate of drug-likeness (QED) is 0.484. The molecule has 138 valence electrons. The second-order valence-electron chi connectivity index (χ2n) is 5.86. The summed E-state index contributed by atoms with van der Waals surface area (Å²) in [5, 5.41) is 11.8. The minimum absolute atomic E-state index is 0.146. The normalized spacial score (nSPS) is 12.8. The third-order valence-electron chi connectivity index (χ3n) is 3.79. The Balaban J connectivity index is 1.76. The number of aliphatic hydroxyl groups is 1. The van der Waals surface area contributed by atoms with Crippen molar-refractivity contribution in [1.29, 1.82) is 0 Å². The Morgan fingerprint density at radius 2 is 1.69 bits per heavy atom. The SMILES string of the molecule is NC(=O)C(N)C(O)NC(=O)CCc1ccc(OCc2ccccc2)cc1. The molecule has 6 N–H and O–H groups in total. The third-order valence-corrected chi connectivity index (χ3v) is 3.79. The zero-order chi connectivity index (χ0) is 18.9. The van der Waals surface area contributed by atoms with Crippen LogP contribution in [0.1, 0.15) is 17.5 Å². The number of ether oxygens (including phenoxy) is 1. The summed E-state index contributed by atoms with van der Waals surface area (Å²) in [7, 11) is 0. The van der Waals surface area contributed by atoms with Crippen LogP contribution in [-0.4, -0.2) is 29.2 Å². The first-order valence-electron chi connectivity index (χ1n) is 8.23. The topological polar surface area (TPSA) is 128 Å². The van der Waals surface area contributed by atoms with Crippen molar-refractivity contribution in [3.63, 3.8) is 0 Å². The van der Waals surface area contributed by atoms with Crippen LogP contribution in [0.5, 0.6) is 5.75 Å². The average molecular weight is 357 g/mol. The number of hydrogen-bond acceptors (Lipinski definition) is 5. The van der Waals surface area contributed by atoms with E-state index in [0.717, 1.165) is 16.9 Å². The van der Waals surface area contributed by atoms with Crippen LogP contribution < -0.4 is 21.5 Å². The number of primary amides is 1.